The van der Waals surface area contributed by atoms with Crippen LogP contribution in [-0.4, -0.2) is 0 Å². The number of halogens is 6. The largest absolute Gasteiger partial charge is 0.203 e. The summed E-state index contributed by atoms with van der Waals surface area (Å²) in [4.78, 5) is 0. The Hall–Kier alpha value is -3.54. The van der Waals surface area contributed by atoms with Crippen molar-refractivity contribution in [3.8, 4) is 22.3 Å². The summed E-state index contributed by atoms with van der Waals surface area (Å²) >= 11 is 0. The van der Waals surface area contributed by atoms with E-state index in [4.69, 9.17) is 0 Å². The van der Waals surface area contributed by atoms with Crippen molar-refractivity contribution in [2.75, 3.05) is 0 Å². The Bertz CT molecular complexity index is 1910. The molecule has 0 saturated heterocycles. The van der Waals surface area contributed by atoms with Gasteiger partial charge in [0.15, 0.2) is 34.9 Å². The van der Waals surface area contributed by atoms with Gasteiger partial charge in [0.2, 0.25) is 0 Å². The van der Waals surface area contributed by atoms with Crippen molar-refractivity contribution in [2.45, 2.75) is 154 Å². The summed E-state index contributed by atoms with van der Waals surface area (Å²) in [6, 6.07) is 17.7. The minimum absolute atomic E-state index is 0.0117. The van der Waals surface area contributed by atoms with Crippen LogP contribution in [-0.2, 0) is 0 Å². The van der Waals surface area contributed by atoms with Gasteiger partial charge < -0.3 is 0 Å². The van der Waals surface area contributed by atoms with Gasteiger partial charge in [-0.05, 0) is 127 Å². The molecule has 0 unspecified atom stereocenters. The Morgan fingerprint density at radius 2 is 0.569 bits per heavy atom. The monoisotopic (exact) mass is 800 g/mol. The van der Waals surface area contributed by atoms with E-state index in [1.165, 1.54) is 43.4 Å². The van der Waals surface area contributed by atoms with Crippen molar-refractivity contribution >= 4 is 0 Å². The minimum Gasteiger partial charge on any atom is -0.203 e. The molecule has 0 bridgehead atoms. The third-order valence-electron chi connectivity index (χ3n) is 14.7. The molecule has 4 saturated carbocycles. The van der Waals surface area contributed by atoms with Crippen molar-refractivity contribution in [3.63, 3.8) is 0 Å². The molecule has 0 N–H and O–H groups in total. The molecule has 8 rings (SSSR count). The molecule has 4 aliphatic rings. The third-order valence-corrected chi connectivity index (χ3v) is 14.7. The smallest absolute Gasteiger partial charge is 0.167 e. The lowest BCUT2D eigenvalue weighted by atomic mass is 9.78. The Balaban J connectivity index is 0.000000177. The molecule has 58 heavy (non-hydrogen) atoms. The predicted octanol–water partition coefficient (Wildman–Crippen LogP) is 16.7. The predicted molar refractivity (Wildman–Crippen MR) is 225 cm³/mol. The van der Waals surface area contributed by atoms with Gasteiger partial charge in [-0.25, -0.2) is 26.3 Å². The zero-order valence-corrected chi connectivity index (χ0v) is 35.0. The van der Waals surface area contributed by atoms with Crippen molar-refractivity contribution < 1.29 is 26.3 Å². The van der Waals surface area contributed by atoms with Crippen LogP contribution in [0.1, 0.15) is 176 Å². The molecule has 4 fully saturated rings. The van der Waals surface area contributed by atoms with Crippen molar-refractivity contribution in [1.82, 2.24) is 0 Å². The summed E-state index contributed by atoms with van der Waals surface area (Å²) in [7, 11) is 0. The van der Waals surface area contributed by atoms with Gasteiger partial charge in [0.25, 0.3) is 0 Å². The second-order valence-corrected chi connectivity index (χ2v) is 18.9. The SMILES string of the molecule is CC1CCC(c2ccc(-c3ccc(C4CCC(C)CC4)c(F)c3F)c(F)c2F)CC1.CC1CCC(c2ccc(-c3ccc(C4CCC(C)CC4)c(F)c3F)cc2)CC1. The molecule has 0 radical (unpaired) electrons. The first-order chi connectivity index (χ1) is 27.9. The lowest BCUT2D eigenvalue weighted by Crippen LogP contribution is -2.14. The van der Waals surface area contributed by atoms with Crippen molar-refractivity contribution in [2.24, 2.45) is 23.7 Å². The van der Waals surface area contributed by atoms with Gasteiger partial charge in [0, 0.05) is 16.7 Å². The van der Waals surface area contributed by atoms with Gasteiger partial charge >= 0.3 is 0 Å². The van der Waals surface area contributed by atoms with E-state index < -0.39 is 34.9 Å². The van der Waals surface area contributed by atoms with E-state index in [1.807, 2.05) is 18.2 Å². The minimum atomic E-state index is -1.08. The fourth-order valence-corrected chi connectivity index (χ4v) is 10.5. The standard InChI is InChI=1S/C26H30F4.C26H32F2/c1-15-3-7-17(8-4-15)19-11-13-21(25(29)23(19)27)22-14-12-20(24(28)26(22)30)18-9-5-16(2)6-10-18;1-17-3-7-19(8-4-17)20-11-13-22(14-12-20)24-16-15-23(25(27)26(24)28)21-9-5-18(2)6-10-21/h11-18H,3-10H2,1-2H3;11-19,21H,3-10H2,1-2H3. The van der Waals surface area contributed by atoms with E-state index in [9.17, 15) is 26.3 Å². The van der Waals surface area contributed by atoms with Crippen molar-refractivity contribution in [1.29, 1.82) is 0 Å². The van der Waals surface area contributed by atoms with Gasteiger partial charge in [-0.1, -0.05) is 140 Å². The average Bonchev–Trinajstić information content (AvgIpc) is 3.23. The van der Waals surface area contributed by atoms with Gasteiger partial charge in [0.1, 0.15) is 0 Å². The van der Waals surface area contributed by atoms with E-state index in [-0.39, 0.29) is 28.9 Å². The molecular formula is C52H62F6. The summed E-state index contributed by atoms with van der Waals surface area (Å²) in [5.41, 5.74) is 3.36. The van der Waals surface area contributed by atoms with Crippen LogP contribution in [0.4, 0.5) is 26.3 Å². The molecule has 0 aliphatic heterocycles. The fourth-order valence-electron chi connectivity index (χ4n) is 10.5. The Morgan fingerprint density at radius 3 is 0.897 bits per heavy atom. The molecule has 4 aromatic rings. The molecule has 6 heteroatoms. The number of hydrogen-bond donors (Lipinski definition) is 0. The topological polar surface area (TPSA) is 0 Å². The van der Waals surface area contributed by atoms with Crippen LogP contribution in [0.3, 0.4) is 0 Å². The van der Waals surface area contributed by atoms with E-state index in [1.54, 1.807) is 18.2 Å². The molecule has 4 aliphatic carbocycles. The molecule has 0 atom stereocenters. The van der Waals surface area contributed by atoms with Crippen LogP contribution in [0.5, 0.6) is 0 Å². The van der Waals surface area contributed by atoms with Crippen LogP contribution in [0, 0.1) is 58.6 Å². The summed E-state index contributed by atoms with van der Waals surface area (Å²) in [5, 5.41) is 0. The fraction of sp³-hybridized carbons (Fsp3) is 0.538. The summed E-state index contributed by atoms with van der Waals surface area (Å²) in [5.74, 6) is -1.82. The zero-order chi connectivity index (χ0) is 41.1. The lowest BCUT2D eigenvalue weighted by Gasteiger charge is -2.27. The van der Waals surface area contributed by atoms with Crippen LogP contribution >= 0.6 is 0 Å². The highest BCUT2D eigenvalue weighted by molar-refractivity contribution is 5.67. The van der Waals surface area contributed by atoms with E-state index in [0.29, 0.717) is 45.9 Å². The second-order valence-electron chi connectivity index (χ2n) is 18.9. The first-order valence-electron chi connectivity index (χ1n) is 22.4. The van der Waals surface area contributed by atoms with Crippen LogP contribution in [0.25, 0.3) is 22.3 Å². The van der Waals surface area contributed by atoms with Gasteiger partial charge in [0.05, 0.1) is 0 Å². The molecule has 0 spiro atoms. The molecule has 0 aromatic heterocycles. The molecule has 4 aromatic carbocycles. The van der Waals surface area contributed by atoms with Gasteiger partial charge in [-0.3, -0.25) is 0 Å². The average molecular weight is 801 g/mol. The molecule has 0 amide bonds. The van der Waals surface area contributed by atoms with Gasteiger partial charge in [-0.15, -0.1) is 0 Å². The molecule has 0 nitrogen and oxygen atoms in total. The first-order valence-corrected chi connectivity index (χ1v) is 22.4. The highest BCUT2D eigenvalue weighted by atomic mass is 19.2. The van der Waals surface area contributed by atoms with E-state index >= 15 is 0 Å². The van der Waals surface area contributed by atoms with Crippen LogP contribution < -0.4 is 0 Å². The third kappa shape index (κ3) is 9.42. The molecule has 312 valence electrons. The highest BCUT2D eigenvalue weighted by Crippen LogP contribution is 2.43. The number of rotatable bonds is 6. The Labute approximate surface area is 343 Å². The normalized spacial score (nSPS) is 27.8. The Morgan fingerprint density at radius 1 is 0.293 bits per heavy atom. The zero-order valence-electron chi connectivity index (χ0n) is 35.0. The highest BCUT2D eigenvalue weighted by Gasteiger charge is 2.29. The van der Waals surface area contributed by atoms with Gasteiger partial charge in [-0.2, -0.15) is 0 Å². The Kier molecular flexibility index (Phi) is 13.8. The summed E-state index contributed by atoms with van der Waals surface area (Å²) < 4.78 is 89.4. The summed E-state index contributed by atoms with van der Waals surface area (Å²) in [6.07, 6.45) is 16.5. The number of benzene rings is 4. The van der Waals surface area contributed by atoms with E-state index in [2.05, 4.69) is 39.8 Å². The second kappa shape index (κ2) is 18.8. The van der Waals surface area contributed by atoms with Crippen molar-refractivity contribution in [3.05, 3.63) is 118 Å². The maximum Gasteiger partial charge on any atom is 0.167 e. The quantitative estimate of drug-likeness (QED) is 0.170. The maximum atomic E-state index is 14.9. The molecular weight excluding hydrogens is 739 g/mol. The lowest BCUT2D eigenvalue weighted by molar-refractivity contribution is 0.339. The number of hydrogen-bond acceptors (Lipinski definition) is 0. The van der Waals surface area contributed by atoms with Crippen LogP contribution in [0.15, 0.2) is 60.7 Å². The van der Waals surface area contributed by atoms with E-state index in [0.717, 1.165) is 88.5 Å². The maximum absolute atomic E-state index is 14.9. The first kappa shape index (κ1) is 42.6. The van der Waals surface area contributed by atoms with Crippen LogP contribution in [0.2, 0.25) is 0 Å². The summed E-state index contributed by atoms with van der Waals surface area (Å²) in [6.45, 7) is 8.91. The molecule has 0 heterocycles.